The van der Waals surface area contributed by atoms with Gasteiger partial charge in [-0.3, -0.25) is 0 Å². The molecule has 0 radical (unpaired) electrons. The zero-order valence-corrected chi connectivity index (χ0v) is 16.5. The Morgan fingerprint density at radius 1 is 0.800 bits per heavy atom. The summed E-state index contributed by atoms with van der Waals surface area (Å²) in [4.78, 5) is 4.16. The molecule has 0 bridgehead atoms. The van der Waals surface area contributed by atoms with E-state index in [1.54, 1.807) is 42.9 Å². The smallest absolute Gasteiger partial charge is 0.118 e. The summed E-state index contributed by atoms with van der Waals surface area (Å²) in [6.45, 7) is 2.43. The molecule has 0 saturated heterocycles. The van der Waals surface area contributed by atoms with E-state index < -0.39 is 0 Å². The number of phenolic OH excluding ortho intramolecular Hbond substituents is 3. The number of imidazole rings is 1. The van der Waals surface area contributed by atoms with Gasteiger partial charge in [-0.05, 0) is 76.7 Å². The number of nitrogens with zero attached hydrogens (tertiary/aromatic N) is 2. The Balaban J connectivity index is 2.01. The molecule has 0 saturated carbocycles. The highest BCUT2D eigenvalue weighted by molar-refractivity contribution is 5.98. The first-order chi connectivity index (χ1) is 14.5. The summed E-state index contributed by atoms with van der Waals surface area (Å²) in [6, 6.07) is 19.7. The standard InChI is InChI=1S/C25H22N2O3/c1-17-14-20(6-11-24(17)30)23(15-27-13-12-26-16-27)25(18-2-7-21(28)8-3-18)19-4-9-22(29)10-5-19/h2-14,16,28-30H,15H2,1H3. The van der Waals surface area contributed by atoms with E-state index in [1.807, 2.05) is 54.1 Å². The van der Waals surface area contributed by atoms with Gasteiger partial charge >= 0.3 is 0 Å². The zero-order valence-electron chi connectivity index (χ0n) is 16.5. The molecule has 5 heteroatoms. The van der Waals surface area contributed by atoms with Crippen molar-refractivity contribution in [2.75, 3.05) is 0 Å². The molecule has 0 spiro atoms. The van der Waals surface area contributed by atoms with Crippen LogP contribution in [0.2, 0.25) is 0 Å². The second-order valence-electron chi connectivity index (χ2n) is 7.18. The van der Waals surface area contributed by atoms with Crippen LogP contribution >= 0.6 is 0 Å². The molecule has 0 amide bonds. The molecule has 0 unspecified atom stereocenters. The highest BCUT2D eigenvalue weighted by atomic mass is 16.3. The van der Waals surface area contributed by atoms with Gasteiger partial charge in [0.25, 0.3) is 0 Å². The Hall–Kier alpha value is -3.99. The minimum atomic E-state index is 0.195. The summed E-state index contributed by atoms with van der Waals surface area (Å²) >= 11 is 0. The normalized spacial score (nSPS) is 10.7. The van der Waals surface area contributed by atoms with Crippen molar-refractivity contribution in [1.29, 1.82) is 0 Å². The van der Waals surface area contributed by atoms with Crippen LogP contribution < -0.4 is 0 Å². The van der Waals surface area contributed by atoms with Gasteiger partial charge in [0.1, 0.15) is 17.2 Å². The Morgan fingerprint density at radius 2 is 1.37 bits per heavy atom. The zero-order chi connectivity index (χ0) is 21.1. The quantitative estimate of drug-likeness (QED) is 0.415. The van der Waals surface area contributed by atoms with Gasteiger partial charge < -0.3 is 19.9 Å². The molecule has 4 rings (SSSR count). The van der Waals surface area contributed by atoms with Crippen molar-refractivity contribution in [3.05, 3.63) is 108 Å². The van der Waals surface area contributed by atoms with Gasteiger partial charge in [0, 0.05) is 18.9 Å². The maximum atomic E-state index is 10.0. The summed E-state index contributed by atoms with van der Waals surface area (Å²) < 4.78 is 1.98. The second kappa shape index (κ2) is 8.17. The number of aromatic nitrogens is 2. The molecule has 5 nitrogen and oxygen atoms in total. The van der Waals surface area contributed by atoms with Gasteiger partial charge in [0.15, 0.2) is 0 Å². The average molecular weight is 398 g/mol. The van der Waals surface area contributed by atoms with Crippen LogP contribution in [0.5, 0.6) is 17.2 Å². The average Bonchev–Trinajstić information content (AvgIpc) is 3.25. The van der Waals surface area contributed by atoms with Crippen LogP contribution in [0, 0.1) is 6.92 Å². The first kappa shape index (κ1) is 19.3. The van der Waals surface area contributed by atoms with Crippen LogP contribution in [-0.2, 0) is 6.54 Å². The monoisotopic (exact) mass is 398 g/mol. The maximum absolute atomic E-state index is 10.0. The van der Waals surface area contributed by atoms with Crippen molar-refractivity contribution < 1.29 is 15.3 Å². The lowest BCUT2D eigenvalue weighted by molar-refractivity contribution is 0.471. The van der Waals surface area contributed by atoms with Crippen LogP contribution in [0.4, 0.5) is 0 Å². The second-order valence-corrected chi connectivity index (χ2v) is 7.18. The summed E-state index contributed by atoms with van der Waals surface area (Å²) in [6.07, 6.45) is 5.40. The Morgan fingerprint density at radius 3 is 1.87 bits per heavy atom. The van der Waals surface area contributed by atoms with Crippen LogP contribution in [-0.4, -0.2) is 24.9 Å². The van der Waals surface area contributed by atoms with Gasteiger partial charge in [-0.15, -0.1) is 0 Å². The van der Waals surface area contributed by atoms with Crippen molar-refractivity contribution >= 4 is 11.1 Å². The van der Waals surface area contributed by atoms with E-state index in [-0.39, 0.29) is 17.2 Å². The third kappa shape index (κ3) is 4.05. The van der Waals surface area contributed by atoms with Crippen LogP contribution in [0.3, 0.4) is 0 Å². The lowest BCUT2D eigenvalue weighted by Crippen LogP contribution is -2.03. The van der Waals surface area contributed by atoms with Gasteiger partial charge in [0.2, 0.25) is 0 Å². The number of benzene rings is 3. The number of allylic oxidation sites excluding steroid dienone is 1. The molecule has 30 heavy (non-hydrogen) atoms. The lowest BCUT2D eigenvalue weighted by Gasteiger charge is -2.19. The molecule has 0 atom stereocenters. The Kier molecular flexibility index (Phi) is 5.26. The fourth-order valence-corrected chi connectivity index (χ4v) is 3.49. The van der Waals surface area contributed by atoms with Crippen molar-refractivity contribution in [1.82, 2.24) is 9.55 Å². The van der Waals surface area contributed by atoms with Gasteiger partial charge in [0.05, 0.1) is 6.33 Å². The largest absolute Gasteiger partial charge is 0.508 e. The number of phenols is 3. The number of aromatic hydroxyl groups is 3. The molecular formula is C25H22N2O3. The first-order valence-electron chi connectivity index (χ1n) is 9.59. The molecular weight excluding hydrogens is 376 g/mol. The molecule has 1 heterocycles. The minimum absolute atomic E-state index is 0.195. The Bertz CT molecular complexity index is 1130. The predicted molar refractivity (Wildman–Crippen MR) is 117 cm³/mol. The fraction of sp³-hybridized carbons (Fsp3) is 0.0800. The van der Waals surface area contributed by atoms with Gasteiger partial charge in [-0.25, -0.2) is 4.98 Å². The summed E-state index contributed by atoms with van der Waals surface area (Å²) in [7, 11) is 0. The number of rotatable bonds is 5. The third-order valence-electron chi connectivity index (χ3n) is 5.06. The SMILES string of the molecule is Cc1cc(C(Cn2ccnc2)=C(c2ccc(O)cc2)c2ccc(O)cc2)ccc1O. The third-order valence-corrected chi connectivity index (χ3v) is 5.06. The molecule has 150 valence electrons. The molecule has 4 aromatic rings. The summed E-state index contributed by atoms with van der Waals surface area (Å²) in [5.74, 6) is 0.637. The topological polar surface area (TPSA) is 78.5 Å². The minimum Gasteiger partial charge on any atom is -0.508 e. The van der Waals surface area contributed by atoms with E-state index in [2.05, 4.69) is 4.98 Å². The van der Waals surface area contributed by atoms with Gasteiger partial charge in [-0.1, -0.05) is 30.3 Å². The molecule has 0 fully saturated rings. The van der Waals surface area contributed by atoms with Crippen molar-refractivity contribution in [3.63, 3.8) is 0 Å². The number of hydrogen-bond donors (Lipinski definition) is 3. The predicted octanol–water partition coefficient (Wildman–Crippen LogP) is 4.97. The fourth-order valence-electron chi connectivity index (χ4n) is 3.49. The van der Waals surface area contributed by atoms with E-state index >= 15 is 0 Å². The van der Waals surface area contributed by atoms with E-state index in [0.29, 0.717) is 6.54 Å². The molecule has 0 aliphatic rings. The molecule has 0 aliphatic heterocycles. The lowest BCUT2D eigenvalue weighted by atomic mass is 9.88. The van der Waals surface area contributed by atoms with Crippen molar-refractivity contribution in [2.45, 2.75) is 13.5 Å². The number of hydrogen-bond acceptors (Lipinski definition) is 4. The molecule has 0 aliphatic carbocycles. The number of aryl methyl sites for hydroxylation is 1. The van der Waals surface area contributed by atoms with Crippen LogP contribution in [0.15, 0.2) is 85.5 Å². The summed E-state index contributed by atoms with van der Waals surface area (Å²) in [5, 5.41) is 29.6. The highest BCUT2D eigenvalue weighted by Gasteiger charge is 2.16. The maximum Gasteiger partial charge on any atom is 0.118 e. The molecule has 3 N–H and O–H groups in total. The van der Waals surface area contributed by atoms with E-state index in [9.17, 15) is 15.3 Å². The van der Waals surface area contributed by atoms with Crippen LogP contribution in [0.25, 0.3) is 11.1 Å². The van der Waals surface area contributed by atoms with Crippen molar-refractivity contribution in [2.24, 2.45) is 0 Å². The molecule has 3 aromatic carbocycles. The van der Waals surface area contributed by atoms with E-state index in [1.165, 1.54) is 0 Å². The first-order valence-corrected chi connectivity index (χ1v) is 9.59. The molecule has 1 aromatic heterocycles. The van der Waals surface area contributed by atoms with Gasteiger partial charge in [-0.2, -0.15) is 0 Å². The highest BCUT2D eigenvalue weighted by Crippen LogP contribution is 2.36. The Labute approximate surface area is 174 Å². The van der Waals surface area contributed by atoms with Crippen LogP contribution in [0.1, 0.15) is 22.3 Å². The summed E-state index contributed by atoms with van der Waals surface area (Å²) in [5.41, 5.74) is 5.60. The van der Waals surface area contributed by atoms with E-state index in [4.69, 9.17) is 0 Å². The van der Waals surface area contributed by atoms with E-state index in [0.717, 1.165) is 33.4 Å². The van der Waals surface area contributed by atoms with Crippen molar-refractivity contribution in [3.8, 4) is 17.2 Å².